The molecule has 1 nitrogen and oxygen atoms in total. The first-order chi connectivity index (χ1) is 7.70. The largest absolute Gasteiger partial charge is 0.369 e. The number of rotatable bonds is 2. The van der Waals surface area contributed by atoms with E-state index in [-0.39, 0.29) is 0 Å². The van der Waals surface area contributed by atoms with Crippen LogP contribution in [0.5, 0.6) is 0 Å². The number of hydrogen-bond donors (Lipinski definition) is 0. The molecule has 3 heteroatoms. The smallest absolute Gasteiger partial charge is 0.0396 e. The van der Waals surface area contributed by atoms with E-state index in [9.17, 15) is 0 Å². The van der Waals surface area contributed by atoms with E-state index < -0.39 is 0 Å². The number of thioether (sulfide) groups is 1. The minimum absolute atomic E-state index is 0.754. The average Bonchev–Trinajstić information content (AvgIpc) is 2.28. The van der Waals surface area contributed by atoms with Crippen LogP contribution in [0.2, 0.25) is 0 Å². The highest BCUT2D eigenvalue weighted by atomic mass is 79.9. The summed E-state index contributed by atoms with van der Waals surface area (Å²) < 4.78 is 0. The van der Waals surface area contributed by atoms with Gasteiger partial charge in [0.05, 0.1) is 0 Å². The molecule has 0 bridgehead atoms. The highest BCUT2D eigenvalue weighted by molar-refractivity contribution is 9.08. The molecule has 1 fully saturated rings. The normalized spacial score (nSPS) is 21.2. The molecular formula is C13H18BrNS. The molecule has 1 heterocycles. The fourth-order valence-electron chi connectivity index (χ4n) is 2.19. The molecule has 88 valence electrons. The third-order valence-electron chi connectivity index (χ3n) is 3.00. The van der Waals surface area contributed by atoms with E-state index in [1.54, 1.807) is 0 Å². The second kappa shape index (κ2) is 5.46. The second-order valence-electron chi connectivity index (χ2n) is 4.38. The van der Waals surface area contributed by atoms with E-state index in [4.69, 9.17) is 0 Å². The van der Waals surface area contributed by atoms with Crippen molar-refractivity contribution in [3.8, 4) is 0 Å². The van der Waals surface area contributed by atoms with Crippen molar-refractivity contribution in [2.75, 3.05) is 23.7 Å². The van der Waals surface area contributed by atoms with Crippen LogP contribution in [0.25, 0.3) is 0 Å². The van der Waals surface area contributed by atoms with Crippen molar-refractivity contribution in [2.24, 2.45) is 0 Å². The van der Waals surface area contributed by atoms with Gasteiger partial charge in [0.15, 0.2) is 0 Å². The van der Waals surface area contributed by atoms with Gasteiger partial charge in [-0.05, 0) is 24.1 Å². The molecule has 1 aromatic carbocycles. The predicted molar refractivity (Wildman–Crippen MR) is 77.9 cm³/mol. The highest BCUT2D eigenvalue weighted by Gasteiger charge is 2.18. The highest BCUT2D eigenvalue weighted by Crippen LogP contribution is 2.27. The Morgan fingerprint density at radius 3 is 2.94 bits per heavy atom. The molecule has 0 spiro atoms. The first kappa shape index (κ1) is 12.3. The van der Waals surface area contributed by atoms with Crippen LogP contribution >= 0.6 is 27.7 Å². The number of aryl methyl sites for hydroxylation is 1. The maximum Gasteiger partial charge on any atom is 0.0396 e. The molecule has 1 aromatic rings. The van der Waals surface area contributed by atoms with E-state index in [0.717, 1.165) is 10.6 Å². The summed E-state index contributed by atoms with van der Waals surface area (Å²) >= 11 is 5.59. The summed E-state index contributed by atoms with van der Waals surface area (Å²) in [5.74, 6) is 1.25. The Labute approximate surface area is 111 Å². The Morgan fingerprint density at radius 2 is 2.31 bits per heavy atom. The van der Waals surface area contributed by atoms with E-state index in [1.807, 2.05) is 0 Å². The first-order valence-corrected chi connectivity index (χ1v) is 7.90. The molecule has 1 saturated heterocycles. The third kappa shape index (κ3) is 2.75. The fraction of sp³-hybridized carbons (Fsp3) is 0.538. The van der Waals surface area contributed by atoms with Crippen LogP contribution < -0.4 is 4.90 Å². The van der Waals surface area contributed by atoms with Gasteiger partial charge in [0.1, 0.15) is 0 Å². The lowest BCUT2D eigenvalue weighted by molar-refractivity contribution is 0.780. The Morgan fingerprint density at radius 1 is 1.50 bits per heavy atom. The molecule has 0 amide bonds. The van der Waals surface area contributed by atoms with Crippen LogP contribution in [-0.4, -0.2) is 24.1 Å². The summed E-state index contributed by atoms with van der Waals surface area (Å²) in [6.45, 7) is 6.90. The zero-order valence-corrected chi connectivity index (χ0v) is 12.3. The van der Waals surface area contributed by atoms with Crippen molar-refractivity contribution in [2.45, 2.75) is 24.4 Å². The SMILES string of the molecule is Cc1cc(CBr)ccc1N1CCSC(C)C1. The van der Waals surface area contributed by atoms with E-state index in [1.165, 1.54) is 35.7 Å². The minimum Gasteiger partial charge on any atom is -0.369 e. The zero-order chi connectivity index (χ0) is 11.5. The van der Waals surface area contributed by atoms with Gasteiger partial charge in [-0.3, -0.25) is 0 Å². The van der Waals surface area contributed by atoms with Crippen molar-refractivity contribution >= 4 is 33.4 Å². The van der Waals surface area contributed by atoms with Crippen molar-refractivity contribution in [1.82, 2.24) is 0 Å². The van der Waals surface area contributed by atoms with Crippen molar-refractivity contribution in [3.05, 3.63) is 29.3 Å². The lowest BCUT2D eigenvalue weighted by atomic mass is 10.1. The Hall–Kier alpha value is -0.150. The van der Waals surface area contributed by atoms with Gasteiger partial charge in [-0.1, -0.05) is 35.0 Å². The monoisotopic (exact) mass is 299 g/mol. The molecule has 1 aliphatic rings. The summed E-state index contributed by atoms with van der Waals surface area (Å²) in [5.41, 5.74) is 4.17. The summed E-state index contributed by atoms with van der Waals surface area (Å²) in [7, 11) is 0. The molecule has 2 rings (SSSR count). The van der Waals surface area contributed by atoms with Gasteiger partial charge in [-0.25, -0.2) is 0 Å². The number of nitrogens with zero attached hydrogens (tertiary/aromatic N) is 1. The topological polar surface area (TPSA) is 3.24 Å². The molecule has 1 atom stereocenters. The standard InChI is InChI=1S/C13H18BrNS/c1-10-7-12(8-14)3-4-13(10)15-5-6-16-11(2)9-15/h3-4,7,11H,5-6,8-9H2,1-2H3. The molecule has 0 saturated carbocycles. The third-order valence-corrected chi connectivity index (χ3v) is 4.78. The quantitative estimate of drug-likeness (QED) is 0.764. The predicted octanol–water partition coefficient (Wildman–Crippen LogP) is 3.83. The molecule has 0 radical (unpaired) electrons. The van der Waals surface area contributed by atoms with Gasteiger partial charge < -0.3 is 4.90 Å². The van der Waals surface area contributed by atoms with E-state index >= 15 is 0 Å². The van der Waals surface area contributed by atoms with Crippen LogP contribution in [0.1, 0.15) is 18.1 Å². The van der Waals surface area contributed by atoms with Crippen molar-refractivity contribution < 1.29 is 0 Å². The van der Waals surface area contributed by atoms with Crippen molar-refractivity contribution in [3.63, 3.8) is 0 Å². The summed E-state index contributed by atoms with van der Waals surface area (Å²) in [5, 5.41) is 1.70. The summed E-state index contributed by atoms with van der Waals surface area (Å²) in [6.07, 6.45) is 0. The minimum atomic E-state index is 0.754. The first-order valence-electron chi connectivity index (χ1n) is 5.72. The Bertz CT molecular complexity index is 367. The summed E-state index contributed by atoms with van der Waals surface area (Å²) in [6, 6.07) is 6.79. The molecule has 1 unspecified atom stereocenters. The Balaban J connectivity index is 2.19. The molecule has 0 aliphatic carbocycles. The van der Waals surface area contributed by atoms with Crippen LogP contribution in [-0.2, 0) is 5.33 Å². The maximum atomic E-state index is 3.50. The van der Waals surface area contributed by atoms with Crippen LogP contribution in [0.15, 0.2) is 18.2 Å². The van der Waals surface area contributed by atoms with Gasteiger partial charge in [-0.15, -0.1) is 0 Å². The number of alkyl halides is 1. The lowest BCUT2D eigenvalue weighted by Gasteiger charge is -2.33. The van der Waals surface area contributed by atoms with Crippen molar-refractivity contribution in [1.29, 1.82) is 0 Å². The van der Waals surface area contributed by atoms with Gasteiger partial charge in [0, 0.05) is 35.1 Å². The van der Waals surface area contributed by atoms with Gasteiger partial charge in [0.25, 0.3) is 0 Å². The molecule has 16 heavy (non-hydrogen) atoms. The van der Waals surface area contributed by atoms with Crippen LogP contribution in [0.4, 0.5) is 5.69 Å². The lowest BCUT2D eigenvalue weighted by Crippen LogP contribution is -2.37. The van der Waals surface area contributed by atoms with Gasteiger partial charge in [-0.2, -0.15) is 11.8 Å². The zero-order valence-electron chi connectivity index (χ0n) is 9.87. The van der Waals surface area contributed by atoms with Gasteiger partial charge >= 0.3 is 0 Å². The van der Waals surface area contributed by atoms with Crippen LogP contribution in [0, 0.1) is 6.92 Å². The molecular weight excluding hydrogens is 282 g/mol. The van der Waals surface area contributed by atoms with E-state index in [0.29, 0.717) is 0 Å². The number of benzene rings is 1. The molecule has 0 N–H and O–H groups in total. The Kier molecular flexibility index (Phi) is 4.20. The second-order valence-corrected chi connectivity index (χ2v) is 6.49. The number of halogens is 1. The van der Waals surface area contributed by atoms with E-state index in [2.05, 4.69) is 64.6 Å². The maximum absolute atomic E-state index is 3.50. The fourth-order valence-corrected chi connectivity index (χ4v) is 3.56. The molecule has 0 aromatic heterocycles. The number of hydrogen-bond acceptors (Lipinski definition) is 2. The molecule has 1 aliphatic heterocycles. The number of anilines is 1. The van der Waals surface area contributed by atoms with Crippen LogP contribution in [0.3, 0.4) is 0 Å². The summed E-state index contributed by atoms with van der Waals surface area (Å²) in [4.78, 5) is 2.52. The average molecular weight is 300 g/mol. The van der Waals surface area contributed by atoms with Gasteiger partial charge in [0.2, 0.25) is 0 Å².